The Kier molecular flexibility index (Phi) is 14.3. The second-order valence-corrected chi connectivity index (χ2v) is 0.418. The average molecular weight is 94.0 g/mol. The summed E-state index contributed by atoms with van der Waals surface area (Å²) in [5, 5.41) is 8.87. The summed E-state index contributed by atoms with van der Waals surface area (Å²) in [6, 6.07) is 0. The Morgan fingerprint density at radius 1 is 1.83 bits per heavy atom. The van der Waals surface area contributed by atoms with Crippen LogP contribution in [0.3, 0.4) is 0 Å². The third kappa shape index (κ3) is 8.86. The van der Waals surface area contributed by atoms with Crippen molar-refractivity contribution in [1.82, 2.24) is 0 Å². The van der Waals surface area contributed by atoms with Crippen LogP contribution in [0.5, 0.6) is 0 Å². The first-order valence-electron chi connectivity index (χ1n) is 1.04. The zero-order chi connectivity index (χ0) is 4.12. The van der Waals surface area contributed by atoms with E-state index in [0.29, 0.717) is 0 Å². The van der Waals surface area contributed by atoms with Gasteiger partial charge in [-0.3, -0.25) is 0 Å². The largest absolute Gasteiger partial charge is 1.00 e. The van der Waals surface area contributed by atoms with E-state index in [4.69, 9.17) is 5.26 Å². The van der Waals surface area contributed by atoms with Gasteiger partial charge in [0.2, 0.25) is 0 Å². The zero-order valence-electron chi connectivity index (χ0n) is 3.60. The smallest absolute Gasteiger partial charge is 0.664 e. The van der Waals surface area contributed by atoms with Crippen molar-refractivity contribution in [3.05, 3.63) is 18.6 Å². The van der Waals surface area contributed by atoms with Crippen molar-refractivity contribution in [2.75, 3.05) is 0 Å². The van der Waals surface area contributed by atoms with Crippen LogP contribution in [0.25, 0.3) is 0 Å². The minimum atomic E-state index is 0. The maximum absolute atomic E-state index is 8.87. The molecule has 0 saturated heterocycles. The fourth-order valence-corrected chi connectivity index (χ4v) is 0.0340. The Labute approximate surface area is 58.3 Å². The Hall–Kier alpha value is 0.280. The molecule has 0 N–H and O–H groups in total. The number of rotatable bonds is 1. The topological polar surface area (TPSA) is 32.3 Å². The Balaban J connectivity index is 0. The van der Waals surface area contributed by atoms with Gasteiger partial charge < -0.3 is 10.1 Å². The Morgan fingerprint density at radius 2 is 2.33 bits per heavy atom. The van der Waals surface area contributed by atoms with E-state index in [0.717, 1.165) is 6.26 Å². The van der Waals surface area contributed by atoms with Gasteiger partial charge in [-0.25, -0.2) is 0 Å². The van der Waals surface area contributed by atoms with Crippen molar-refractivity contribution in [2.45, 2.75) is 0 Å². The molecule has 6 heavy (non-hydrogen) atoms. The fourth-order valence-electron chi connectivity index (χ4n) is 0.0340. The normalized spacial score (nSPS) is 4.17. The van der Waals surface area contributed by atoms with Crippen LogP contribution in [0, 0.1) is 0 Å². The summed E-state index contributed by atoms with van der Waals surface area (Å²) in [5.74, 6) is 0. The zero-order valence-corrected chi connectivity index (χ0v) is 5.60. The van der Waals surface area contributed by atoms with Crippen LogP contribution in [-0.2, 0) is 4.89 Å². The molecule has 2 nitrogen and oxygen atoms in total. The van der Waals surface area contributed by atoms with Crippen LogP contribution in [0.1, 0.15) is 0 Å². The fraction of sp³-hybridized carbons (Fsp3) is 0. The Morgan fingerprint density at radius 3 is 2.33 bits per heavy atom. The van der Waals surface area contributed by atoms with Gasteiger partial charge >= 0.3 is 29.6 Å². The molecule has 0 atom stereocenters. The van der Waals surface area contributed by atoms with E-state index >= 15 is 0 Å². The second kappa shape index (κ2) is 8.99. The molecule has 0 aliphatic heterocycles. The first kappa shape index (κ1) is 9.56. The summed E-state index contributed by atoms with van der Waals surface area (Å²) < 4.78 is 0. The van der Waals surface area contributed by atoms with Crippen molar-refractivity contribution >= 4 is 0 Å². The van der Waals surface area contributed by atoms with E-state index in [1.807, 2.05) is 0 Å². The number of hydrogen-bond donors (Lipinski definition) is 0. The van der Waals surface area contributed by atoms with Gasteiger partial charge in [0.25, 0.3) is 0 Å². The monoisotopic (exact) mass is 94.0 g/mol. The summed E-state index contributed by atoms with van der Waals surface area (Å²) in [5.41, 5.74) is 2.11. The maximum atomic E-state index is 8.87. The molecule has 0 saturated carbocycles. The molecule has 0 rings (SSSR count). The van der Waals surface area contributed by atoms with Gasteiger partial charge in [-0.2, -0.15) is 0 Å². The molecule has 0 aromatic carbocycles. The summed E-state index contributed by atoms with van der Waals surface area (Å²) in [7, 11) is 0. The van der Waals surface area contributed by atoms with Crippen LogP contribution in [0.4, 0.5) is 0 Å². The van der Waals surface area contributed by atoms with E-state index in [-0.39, 0.29) is 29.6 Å². The van der Waals surface area contributed by atoms with Crippen LogP contribution in [-0.4, -0.2) is 0 Å². The molecule has 0 spiro atoms. The van der Waals surface area contributed by atoms with E-state index in [9.17, 15) is 0 Å². The van der Waals surface area contributed by atoms with Gasteiger partial charge in [0, 0.05) is 0 Å². The van der Waals surface area contributed by atoms with Crippen LogP contribution in [0.15, 0.2) is 18.6 Å². The van der Waals surface area contributed by atoms with E-state index in [1.54, 1.807) is 0 Å². The van der Waals surface area contributed by atoms with Crippen molar-refractivity contribution in [3.8, 4) is 0 Å². The minimum absolute atomic E-state index is 0. The second-order valence-electron chi connectivity index (χ2n) is 0.418. The summed E-state index contributed by atoms with van der Waals surface area (Å²) >= 11 is 0. The average Bonchev–Trinajstić information content (AvgIpc) is 1.41. The molecule has 0 fully saturated rings. The molecule has 0 aromatic heterocycles. The molecule has 0 amide bonds. The van der Waals surface area contributed by atoms with Crippen LogP contribution < -0.4 is 34.8 Å². The Bertz CT molecular complexity index is 55.8. The maximum Gasteiger partial charge on any atom is 1.00 e. The third-order valence-corrected chi connectivity index (χ3v) is 0.131. The van der Waals surface area contributed by atoms with Crippen LogP contribution in [0.2, 0.25) is 0 Å². The predicted molar refractivity (Wildman–Crippen MR) is 14.8 cm³/mol. The molecular weight excluding hydrogens is 91.0 g/mol. The van der Waals surface area contributed by atoms with E-state index < -0.39 is 0 Å². The molecule has 3 heteroatoms. The van der Waals surface area contributed by atoms with E-state index in [2.05, 4.69) is 17.2 Å². The number of hydrogen-bond acceptors (Lipinski definition) is 2. The molecule has 0 unspecified atom stereocenters. The standard InChI is InChI=1S/C3H4O2.Na/c1-2-3-5-4;/h3-4H,1H2;/q;+1/p-1. The molecule has 28 valence electrons. The predicted octanol–water partition coefficient (Wildman–Crippen LogP) is -3.42. The van der Waals surface area contributed by atoms with Crippen molar-refractivity contribution < 1.29 is 39.7 Å². The van der Waals surface area contributed by atoms with Gasteiger partial charge in [0.1, 0.15) is 6.26 Å². The van der Waals surface area contributed by atoms with Gasteiger partial charge in [0.05, 0.1) is 0 Å². The van der Waals surface area contributed by atoms with Gasteiger partial charge in [-0.1, -0.05) is 12.3 Å². The SMILES string of the molecule is C=C=CO[O-].[Na+]. The first-order chi connectivity index (χ1) is 2.41. The molecule has 0 bridgehead atoms. The molecular formula is C3H3NaO2. The van der Waals surface area contributed by atoms with Gasteiger partial charge in [-0.15, -0.1) is 0 Å². The summed E-state index contributed by atoms with van der Waals surface area (Å²) in [4.78, 5) is 3.14. The van der Waals surface area contributed by atoms with Crippen molar-refractivity contribution in [2.24, 2.45) is 0 Å². The van der Waals surface area contributed by atoms with Gasteiger partial charge in [0.15, 0.2) is 0 Å². The summed E-state index contributed by atoms with van der Waals surface area (Å²) in [6.45, 7) is 3.04. The van der Waals surface area contributed by atoms with Crippen molar-refractivity contribution in [3.63, 3.8) is 0 Å². The summed E-state index contributed by atoms with van der Waals surface area (Å²) in [6.07, 6.45) is 0.833. The third-order valence-electron chi connectivity index (χ3n) is 0.131. The molecule has 0 heterocycles. The molecule has 0 aromatic rings. The molecule has 0 radical (unpaired) electrons. The van der Waals surface area contributed by atoms with E-state index in [1.165, 1.54) is 0 Å². The van der Waals surface area contributed by atoms with Gasteiger partial charge in [-0.05, 0) is 0 Å². The molecule has 0 aliphatic carbocycles. The quantitative estimate of drug-likeness (QED) is 0.111. The van der Waals surface area contributed by atoms with Crippen LogP contribution >= 0.6 is 0 Å². The first-order valence-corrected chi connectivity index (χ1v) is 1.04. The minimum Gasteiger partial charge on any atom is -0.664 e. The molecule has 0 aliphatic rings. The van der Waals surface area contributed by atoms with Crippen molar-refractivity contribution in [1.29, 1.82) is 0 Å².